The van der Waals surface area contributed by atoms with Gasteiger partial charge in [0.05, 0.1) is 6.04 Å². The average Bonchev–Trinajstić information content (AvgIpc) is 3.08. The first kappa shape index (κ1) is 18.8. The van der Waals surface area contributed by atoms with E-state index in [9.17, 15) is 14.4 Å². The highest BCUT2D eigenvalue weighted by molar-refractivity contribution is 6.08. The summed E-state index contributed by atoms with van der Waals surface area (Å²) < 4.78 is 5.33. The molecule has 5 heteroatoms. The topological polar surface area (TPSA) is 72.5 Å². The van der Waals surface area contributed by atoms with Crippen LogP contribution in [0.2, 0.25) is 0 Å². The third-order valence-electron chi connectivity index (χ3n) is 5.20. The Kier molecular flexibility index (Phi) is 5.69. The number of nitrogens with one attached hydrogen (secondary N) is 1. The van der Waals surface area contributed by atoms with Crippen LogP contribution in [0.3, 0.4) is 0 Å². The standard InChI is InChI=1S/C22H23NO4/c1-16(24)22(14-8-13-19(22)25)20(18-11-6-3-7-12-18)23-21(26)27-15-17-9-4-2-5-10-17/h2-7,9-12,20H,8,13-15H2,1H3,(H,23,26)/t20-,22+/m0/s1. The highest BCUT2D eigenvalue weighted by atomic mass is 16.5. The normalized spacial score (nSPS) is 20.1. The molecule has 1 fully saturated rings. The molecule has 0 bridgehead atoms. The quantitative estimate of drug-likeness (QED) is 0.786. The maximum atomic E-state index is 12.7. The number of Topliss-reactive ketones (excluding diaryl/α,β-unsaturated/α-hetero) is 2. The van der Waals surface area contributed by atoms with Gasteiger partial charge in [-0.25, -0.2) is 4.79 Å². The molecule has 1 aliphatic rings. The van der Waals surface area contributed by atoms with Crippen molar-refractivity contribution in [2.75, 3.05) is 0 Å². The molecule has 0 heterocycles. The van der Waals surface area contributed by atoms with Crippen LogP contribution >= 0.6 is 0 Å². The first-order valence-corrected chi connectivity index (χ1v) is 9.10. The van der Waals surface area contributed by atoms with E-state index in [0.29, 0.717) is 19.3 Å². The Labute approximate surface area is 158 Å². The van der Waals surface area contributed by atoms with Crippen LogP contribution < -0.4 is 5.32 Å². The first-order chi connectivity index (χ1) is 13.0. The van der Waals surface area contributed by atoms with Gasteiger partial charge in [-0.3, -0.25) is 9.59 Å². The second kappa shape index (κ2) is 8.16. The van der Waals surface area contributed by atoms with E-state index in [1.807, 2.05) is 60.7 Å². The summed E-state index contributed by atoms with van der Waals surface area (Å²) in [5, 5.41) is 2.80. The number of ketones is 2. The maximum absolute atomic E-state index is 12.7. The smallest absolute Gasteiger partial charge is 0.407 e. The lowest BCUT2D eigenvalue weighted by atomic mass is 9.72. The number of hydrogen-bond donors (Lipinski definition) is 1. The van der Waals surface area contributed by atoms with Crippen molar-refractivity contribution in [3.63, 3.8) is 0 Å². The van der Waals surface area contributed by atoms with E-state index in [-0.39, 0.29) is 18.2 Å². The summed E-state index contributed by atoms with van der Waals surface area (Å²) in [6, 6.07) is 17.7. The van der Waals surface area contributed by atoms with E-state index in [1.54, 1.807) is 0 Å². The van der Waals surface area contributed by atoms with Crippen LogP contribution in [0.4, 0.5) is 4.79 Å². The minimum absolute atomic E-state index is 0.118. The first-order valence-electron chi connectivity index (χ1n) is 9.10. The largest absolute Gasteiger partial charge is 0.445 e. The molecule has 27 heavy (non-hydrogen) atoms. The van der Waals surface area contributed by atoms with Crippen LogP contribution in [0.25, 0.3) is 0 Å². The van der Waals surface area contributed by atoms with Crippen molar-refractivity contribution in [1.82, 2.24) is 5.32 Å². The van der Waals surface area contributed by atoms with E-state index in [1.165, 1.54) is 6.92 Å². The fourth-order valence-corrected chi connectivity index (χ4v) is 3.79. The van der Waals surface area contributed by atoms with Crippen molar-refractivity contribution in [2.45, 2.75) is 38.8 Å². The van der Waals surface area contributed by atoms with Crippen LogP contribution in [0.1, 0.15) is 43.4 Å². The zero-order chi connectivity index (χ0) is 19.3. The van der Waals surface area contributed by atoms with Gasteiger partial charge in [-0.05, 0) is 30.9 Å². The number of alkyl carbamates (subject to hydrolysis) is 1. The predicted molar refractivity (Wildman–Crippen MR) is 101 cm³/mol. The van der Waals surface area contributed by atoms with Crippen LogP contribution in [-0.2, 0) is 20.9 Å². The summed E-state index contributed by atoms with van der Waals surface area (Å²) in [4.78, 5) is 37.7. The number of carbonyl (C=O) groups is 3. The SMILES string of the molecule is CC(=O)[C@]1([C@@H](NC(=O)OCc2ccccc2)c2ccccc2)CCCC1=O. The average molecular weight is 365 g/mol. The third kappa shape index (κ3) is 3.92. The Bertz CT molecular complexity index is 819. The number of ether oxygens (including phenoxy) is 1. The van der Waals surface area contributed by atoms with Crippen molar-refractivity contribution >= 4 is 17.7 Å². The van der Waals surface area contributed by atoms with Gasteiger partial charge in [0.15, 0.2) is 0 Å². The molecule has 1 N–H and O–H groups in total. The molecule has 0 aromatic heterocycles. The van der Waals surface area contributed by atoms with Crippen molar-refractivity contribution in [3.8, 4) is 0 Å². The highest BCUT2D eigenvalue weighted by Gasteiger charge is 2.53. The minimum Gasteiger partial charge on any atom is -0.445 e. The molecule has 1 saturated carbocycles. The Morgan fingerprint density at radius 1 is 1.07 bits per heavy atom. The minimum atomic E-state index is -1.23. The van der Waals surface area contributed by atoms with Crippen LogP contribution in [0.5, 0.6) is 0 Å². The van der Waals surface area contributed by atoms with Crippen LogP contribution in [0, 0.1) is 5.41 Å². The predicted octanol–water partition coefficient (Wildman–Crippen LogP) is 3.98. The van der Waals surface area contributed by atoms with Crippen molar-refractivity contribution in [3.05, 3.63) is 71.8 Å². The number of rotatable bonds is 6. The van der Waals surface area contributed by atoms with Gasteiger partial charge in [0.1, 0.15) is 23.6 Å². The lowest BCUT2D eigenvalue weighted by molar-refractivity contribution is -0.139. The van der Waals surface area contributed by atoms with Gasteiger partial charge in [-0.1, -0.05) is 60.7 Å². The van der Waals surface area contributed by atoms with E-state index >= 15 is 0 Å². The number of carbonyl (C=O) groups excluding carboxylic acids is 3. The highest BCUT2D eigenvalue weighted by Crippen LogP contribution is 2.46. The van der Waals surface area contributed by atoms with Crippen LogP contribution in [0.15, 0.2) is 60.7 Å². The molecule has 5 nitrogen and oxygen atoms in total. The monoisotopic (exact) mass is 365 g/mol. The Morgan fingerprint density at radius 2 is 1.70 bits per heavy atom. The van der Waals surface area contributed by atoms with Crippen molar-refractivity contribution < 1.29 is 19.1 Å². The van der Waals surface area contributed by atoms with E-state index in [0.717, 1.165) is 11.1 Å². The molecule has 0 spiro atoms. The second-order valence-corrected chi connectivity index (χ2v) is 6.85. The lowest BCUT2D eigenvalue weighted by Crippen LogP contribution is -2.48. The molecule has 0 radical (unpaired) electrons. The van der Waals surface area contributed by atoms with E-state index in [2.05, 4.69) is 5.32 Å². The van der Waals surface area contributed by atoms with Crippen molar-refractivity contribution in [1.29, 1.82) is 0 Å². The fourth-order valence-electron chi connectivity index (χ4n) is 3.79. The molecule has 140 valence electrons. The molecule has 0 unspecified atom stereocenters. The summed E-state index contributed by atoms with van der Waals surface area (Å²) in [6.07, 6.45) is 0.777. The second-order valence-electron chi connectivity index (χ2n) is 6.85. The van der Waals surface area contributed by atoms with Gasteiger partial charge in [0.2, 0.25) is 0 Å². The fraction of sp³-hybridized carbons (Fsp3) is 0.318. The van der Waals surface area contributed by atoms with Gasteiger partial charge in [0, 0.05) is 6.42 Å². The van der Waals surface area contributed by atoms with Gasteiger partial charge >= 0.3 is 6.09 Å². The number of amides is 1. The molecule has 2 aromatic rings. The number of benzene rings is 2. The molecular formula is C22H23NO4. The zero-order valence-electron chi connectivity index (χ0n) is 15.3. The molecule has 1 amide bonds. The Hall–Kier alpha value is -2.95. The van der Waals surface area contributed by atoms with E-state index < -0.39 is 17.6 Å². The summed E-state index contributed by atoms with van der Waals surface area (Å²) in [6.45, 7) is 1.55. The van der Waals surface area contributed by atoms with Gasteiger partial charge < -0.3 is 10.1 Å². The Balaban J connectivity index is 1.84. The lowest BCUT2D eigenvalue weighted by Gasteiger charge is -2.34. The molecule has 1 aliphatic carbocycles. The van der Waals surface area contributed by atoms with Gasteiger partial charge in [-0.2, -0.15) is 0 Å². The molecule has 2 atom stereocenters. The van der Waals surface area contributed by atoms with Crippen molar-refractivity contribution in [2.24, 2.45) is 5.41 Å². The maximum Gasteiger partial charge on any atom is 0.407 e. The Morgan fingerprint density at radius 3 is 2.26 bits per heavy atom. The summed E-state index contributed by atoms with van der Waals surface area (Å²) in [7, 11) is 0. The summed E-state index contributed by atoms with van der Waals surface area (Å²) >= 11 is 0. The number of hydrogen-bond acceptors (Lipinski definition) is 4. The molecular weight excluding hydrogens is 342 g/mol. The van der Waals surface area contributed by atoms with Crippen LogP contribution in [-0.4, -0.2) is 17.7 Å². The summed E-state index contributed by atoms with van der Waals surface area (Å²) in [5.74, 6) is -0.338. The van der Waals surface area contributed by atoms with E-state index in [4.69, 9.17) is 4.74 Å². The molecule has 0 aliphatic heterocycles. The van der Waals surface area contributed by atoms with Gasteiger partial charge in [0.25, 0.3) is 0 Å². The molecule has 2 aromatic carbocycles. The summed E-state index contributed by atoms with van der Waals surface area (Å²) in [5.41, 5.74) is 0.356. The third-order valence-corrected chi connectivity index (χ3v) is 5.20. The molecule has 3 rings (SSSR count). The van der Waals surface area contributed by atoms with Gasteiger partial charge in [-0.15, -0.1) is 0 Å². The zero-order valence-corrected chi connectivity index (χ0v) is 15.3. The molecule has 0 saturated heterocycles.